The number of hydrogen-bond donors (Lipinski definition) is 1. The molecule has 0 aromatic carbocycles. The summed E-state index contributed by atoms with van der Waals surface area (Å²) in [5.41, 5.74) is 0.349. The molecule has 0 aliphatic carbocycles. The van der Waals surface area contributed by atoms with Crippen LogP contribution in [0.15, 0.2) is 12.4 Å². The van der Waals surface area contributed by atoms with Crippen molar-refractivity contribution in [3.8, 4) is 6.07 Å². The third-order valence-electron chi connectivity index (χ3n) is 2.15. The lowest BCUT2D eigenvalue weighted by atomic mass is 10.1. The van der Waals surface area contributed by atoms with Crippen molar-refractivity contribution in [1.29, 1.82) is 5.26 Å². The third-order valence-corrected chi connectivity index (χ3v) is 2.15. The Kier molecular flexibility index (Phi) is 4.55. The van der Waals surface area contributed by atoms with Gasteiger partial charge in [-0.2, -0.15) is 5.26 Å². The number of unbranched alkanes of at least 4 members (excludes halogenated alkanes) is 1. The number of nitrogens with zero attached hydrogens (tertiary/aromatic N) is 3. The van der Waals surface area contributed by atoms with Crippen molar-refractivity contribution >= 4 is 5.82 Å². The first-order valence-electron chi connectivity index (χ1n) is 5.25. The molecular formula is C11H16N4. The van der Waals surface area contributed by atoms with E-state index in [0.29, 0.717) is 11.7 Å². The van der Waals surface area contributed by atoms with Crippen LogP contribution in [0.5, 0.6) is 0 Å². The number of anilines is 1. The number of hydrogen-bond acceptors (Lipinski definition) is 4. The van der Waals surface area contributed by atoms with Gasteiger partial charge in [-0.15, -0.1) is 0 Å². The predicted molar refractivity (Wildman–Crippen MR) is 59.4 cm³/mol. The van der Waals surface area contributed by atoms with E-state index in [9.17, 15) is 0 Å². The van der Waals surface area contributed by atoms with Crippen LogP contribution in [0, 0.1) is 11.3 Å². The normalized spacial score (nSPS) is 11.8. The monoisotopic (exact) mass is 204 g/mol. The summed E-state index contributed by atoms with van der Waals surface area (Å²) in [6.45, 7) is 4.30. The molecule has 4 nitrogen and oxygen atoms in total. The van der Waals surface area contributed by atoms with Crippen molar-refractivity contribution in [2.24, 2.45) is 0 Å². The maximum atomic E-state index is 8.55. The summed E-state index contributed by atoms with van der Waals surface area (Å²) in [6.07, 6.45) is 6.61. The smallest absolute Gasteiger partial charge is 0.158 e. The molecule has 0 aliphatic rings. The van der Waals surface area contributed by atoms with Gasteiger partial charge in [0.05, 0.1) is 12.4 Å². The number of aromatic nitrogens is 2. The summed E-state index contributed by atoms with van der Waals surface area (Å²) >= 11 is 0. The Morgan fingerprint density at radius 1 is 1.47 bits per heavy atom. The molecule has 1 N–H and O–H groups in total. The fourth-order valence-electron chi connectivity index (χ4n) is 1.30. The molecule has 0 saturated heterocycles. The highest BCUT2D eigenvalue weighted by molar-refractivity contribution is 5.33. The summed E-state index contributed by atoms with van der Waals surface area (Å²) in [7, 11) is 0. The van der Waals surface area contributed by atoms with Crippen molar-refractivity contribution < 1.29 is 0 Å². The first-order valence-corrected chi connectivity index (χ1v) is 5.25. The molecule has 1 aromatic heterocycles. The van der Waals surface area contributed by atoms with E-state index in [1.807, 2.05) is 6.07 Å². The van der Waals surface area contributed by atoms with Gasteiger partial charge in [-0.25, -0.2) is 9.97 Å². The molecule has 1 rings (SSSR count). The maximum Gasteiger partial charge on any atom is 0.158 e. The Morgan fingerprint density at radius 2 is 2.27 bits per heavy atom. The largest absolute Gasteiger partial charge is 0.366 e. The van der Waals surface area contributed by atoms with E-state index < -0.39 is 0 Å². The topological polar surface area (TPSA) is 61.6 Å². The molecule has 4 heteroatoms. The Balaban J connectivity index is 2.47. The van der Waals surface area contributed by atoms with Gasteiger partial charge in [0.15, 0.2) is 5.69 Å². The lowest BCUT2D eigenvalue weighted by Crippen LogP contribution is -2.15. The van der Waals surface area contributed by atoms with Crippen LogP contribution in [0.3, 0.4) is 0 Å². The summed E-state index contributed by atoms with van der Waals surface area (Å²) in [5.74, 6) is 0.734. The molecular weight excluding hydrogens is 188 g/mol. The fraction of sp³-hybridized carbons (Fsp3) is 0.545. The van der Waals surface area contributed by atoms with Crippen LogP contribution in [0.2, 0.25) is 0 Å². The molecule has 0 fully saturated rings. The second kappa shape index (κ2) is 5.97. The van der Waals surface area contributed by atoms with Gasteiger partial charge < -0.3 is 5.32 Å². The number of nitrogens with one attached hydrogen (secondary N) is 1. The van der Waals surface area contributed by atoms with E-state index in [1.54, 1.807) is 6.20 Å². The average Bonchev–Trinajstić information content (AvgIpc) is 2.27. The lowest BCUT2D eigenvalue weighted by molar-refractivity contribution is 0.643. The highest BCUT2D eigenvalue weighted by Gasteiger charge is 2.02. The van der Waals surface area contributed by atoms with Gasteiger partial charge in [0.25, 0.3) is 0 Å². The average molecular weight is 204 g/mol. The van der Waals surface area contributed by atoms with E-state index in [-0.39, 0.29) is 0 Å². The first kappa shape index (κ1) is 11.4. The van der Waals surface area contributed by atoms with E-state index in [1.165, 1.54) is 19.0 Å². The molecule has 0 radical (unpaired) electrons. The van der Waals surface area contributed by atoms with Crippen molar-refractivity contribution in [2.45, 2.75) is 39.2 Å². The van der Waals surface area contributed by atoms with Gasteiger partial charge in [-0.05, 0) is 13.3 Å². The highest BCUT2D eigenvalue weighted by Crippen LogP contribution is 2.07. The summed E-state index contributed by atoms with van der Waals surface area (Å²) < 4.78 is 0. The van der Waals surface area contributed by atoms with Gasteiger partial charge in [0, 0.05) is 6.04 Å². The maximum absolute atomic E-state index is 8.55. The van der Waals surface area contributed by atoms with Gasteiger partial charge in [0.2, 0.25) is 0 Å². The second-order valence-electron chi connectivity index (χ2n) is 3.59. The van der Waals surface area contributed by atoms with E-state index in [4.69, 9.17) is 5.26 Å². The zero-order chi connectivity index (χ0) is 11.1. The molecule has 1 unspecified atom stereocenters. The minimum absolute atomic E-state index is 0.349. The third kappa shape index (κ3) is 3.94. The second-order valence-corrected chi connectivity index (χ2v) is 3.59. The van der Waals surface area contributed by atoms with Crippen molar-refractivity contribution in [3.63, 3.8) is 0 Å². The summed E-state index contributed by atoms with van der Waals surface area (Å²) in [5, 5.41) is 11.8. The van der Waals surface area contributed by atoms with E-state index >= 15 is 0 Å². The Hall–Kier alpha value is -1.63. The molecule has 1 atom stereocenters. The van der Waals surface area contributed by atoms with Crippen LogP contribution in [-0.2, 0) is 0 Å². The van der Waals surface area contributed by atoms with Crippen LogP contribution in [0.1, 0.15) is 38.8 Å². The van der Waals surface area contributed by atoms with Gasteiger partial charge in [-0.3, -0.25) is 0 Å². The van der Waals surface area contributed by atoms with Gasteiger partial charge in [-0.1, -0.05) is 19.8 Å². The summed E-state index contributed by atoms with van der Waals surface area (Å²) in [6, 6.07) is 2.34. The van der Waals surface area contributed by atoms with E-state index in [0.717, 1.165) is 12.2 Å². The SMILES string of the molecule is CCCCC(C)Nc1cnc(C#N)cn1. The molecule has 80 valence electrons. The molecule has 1 heterocycles. The van der Waals surface area contributed by atoms with Crippen LogP contribution < -0.4 is 5.32 Å². The zero-order valence-corrected chi connectivity index (χ0v) is 9.20. The first-order chi connectivity index (χ1) is 7.26. The minimum atomic E-state index is 0.349. The molecule has 0 aliphatic heterocycles. The quantitative estimate of drug-likeness (QED) is 0.799. The van der Waals surface area contributed by atoms with Crippen LogP contribution in [-0.4, -0.2) is 16.0 Å². The van der Waals surface area contributed by atoms with E-state index in [2.05, 4.69) is 29.1 Å². The Morgan fingerprint density at radius 3 is 2.80 bits per heavy atom. The molecule has 0 spiro atoms. The molecule has 0 saturated carbocycles. The highest BCUT2D eigenvalue weighted by atomic mass is 15.0. The van der Waals surface area contributed by atoms with Gasteiger partial charge in [0.1, 0.15) is 11.9 Å². The number of nitriles is 1. The molecule has 0 bridgehead atoms. The van der Waals surface area contributed by atoms with Crippen LogP contribution >= 0.6 is 0 Å². The van der Waals surface area contributed by atoms with Gasteiger partial charge >= 0.3 is 0 Å². The molecule has 15 heavy (non-hydrogen) atoms. The molecule has 0 amide bonds. The van der Waals surface area contributed by atoms with Crippen LogP contribution in [0.4, 0.5) is 5.82 Å². The van der Waals surface area contributed by atoms with Crippen molar-refractivity contribution in [2.75, 3.05) is 5.32 Å². The Labute approximate surface area is 90.4 Å². The summed E-state index contributed by atoms with van der Waals surface area (Å²) in [4.78, 5) is 8.05. The van der Waals surface area contributed by atoms with Crippen molar-refractivity contribution in [1.82, 2.24) is 9.97 Å². The standard InChI is InChI=1S/C11H16N4/c1-3-4-5-9(2)15-11-8-13-10(6-12)7-14-11/h7-9H,3-5H2,1-2H3,(H,14,15). The van der Waals surface area contributed by atoms with Crippen LogP contribution in [0.25, 0.3) is 0 Å². The lowest BCUT2D eigenvalue weighted by Gasteiger charge is -2.13. The fourth-order valence-corrected chi connectivity index (χ4v) is 1.30. The zero-order valence-electron chi connectivity index (χ0n) is 9.20. The predicted octanol–water partition coefficient (Wildman–Crippen LogP) is 2.34. The molecule has 1 aromatic rings. The van der Waals surface area contributed by atoms with Crippen molar-refractivity contribution in [3.05, 3.63) is 18.1 Å². The Bertz CT molecular complexity index is 325. The number of rotatable bonds is 5. The minimum Gasteiger partial charge on any atom is -0.366 e.